The zero-order chi connectivity index (χ0) is 23.6. The first-order valence-corrected chi connectivity index (χ1v) is 12.4. The topological polar surface area (TPSA) is 93.2 Å². The molecule has 176 valence electrons. The van der Waals surface area contributed by atoms with E-state index in [1.807, 2.05) is 25.1 Å². The fourth-order valence-corrected chi connectivity index (χ4v) is 5.85. The van der Waals surface area contributed by atoms with E-state index in [4.69, 9.17) is 4.74 Å². The number of carbonyl (C=O) groups is 2. The van der Waals surface area contributed by atoms with Crippen molar-refractivity contribution in [3.63, 3.8) is 0 Å². The number of hydrogen-bond donors (Lipinski definition) is 0. The molecule has 0 N–H and O–H groups in total. The molecule has 0 aliphatic carbocycles. The van der Waals surface area contributed by atoms with Gasteiger partial charge in [0.15, 0.2) is 0 Å². The molecule has 2 heterocycles. The SMILES string of the molecule is COC(=O)CCc1ccc(S(=O)(=O)N2CCC(N3C(=O)OCc4cc(C)ccc43)CC2)cc1. The van der Waals surface area contributed by atoms with Crippen LogP contribution in [0.25, 0.3) is 0 Å². The monoisotopic (exact) mass is 472 g/mol. The first kappa shape index (κ1) is 23.3. The van der Waals surface area contributed by atoms with Gasteiger partial charge in [0.1, 0.15) is 6.61 Å². The van der Waals surface area contributed by atoms with Crippen molar-refractivity contribution in [2.45, 2.75) is 50.2 Å². The van der Waals surface area contributed by atoms with E-state index in [0.717, 1.165) is 22.4 Å². The number of cyclic esters (lactones) is 1. The van der Waals surface area contributed by atoms with E-state index in [0.29, 0.717) is 32.4 Å². The number of piperidine rings is 1. The fraction of sp³-hybridized carbons (Fsp3) is 0.417. The van der Waals surface area contributed by atoms with E-state index < -0.39 is 10.0 Å². The predicted octanol–water partition coefficient (Wildman–Crippen LogP) is 3.41. The maximum atomic E-state index is 13.1. The van der Waals surface area contributed by atoms with Crippen molar-refractivity contribution in [1.82, 2.24) is 4.31 Å². The molecule has 9 heteroatoms. The van der Waals surface area contributed by atoms with Crippen LogP contribution in [0.3, 0.4) is 0 Å². The highest BCUT2D eigenvalue weighted by molar-refractivity contribution is 7.89. The Kier molecular flexibility index (Phi) is 6.71. The van der Waals surface area contributed by atoms with Crippen molar-refractivity contribution in [1.29, 1.82) is 0 Å². The van der Waals surface area contributed by atoms with Crippen molar-refractivity contribution >= 4 is 27.8 Å². The summed E-state index contributed by atoms with van der Waals surface area (Å²) in [4.78, 5) is 25.7. The molecule has 1 saturated heterocycles. The molecule has 1 fully saturated rings. The predicted molar refractivity (Wildman–Crippen MR) is 122 cm³/mol. The van der Waals surface area contributed by atoms with Crippen LogP contribution in [0.2, 0.25) is 0 Å². The van der Waals surface area contributed by atoms with Crippen molar-refractivity contribution in [2.24, 2.45) is 0 Å². The summed E-state index contributed by atoms with van der Waals surface area (Å²) >= 11 is 0. The molecule has 0 unspecified atom stereocenters. The van der Waals surface area contributed by atoms with Gasteiger partial charge >= 0.3 is 12.1 Å². The maximum absolute atomic E-state index is 13.1. The van der Waals surface area contributed by atoms with Crippen LogP contribution in [-0.2, 0) is 37.3 Å². The molecular weight excluding hydrogens is 444 g/mol. The number of aryl methyl sites for hydroxylation is 2. The molecular formula is C24H28N2O6S. The number of amides is 1. The largest absolute Gasteiger partial charge is 0.469 e. The van der Waals surface area contributed by atoms with Gasteiger partial charge in [-0.1, -0.05) is 29.8 Å². The normalized spacial score (nSPS) is 17.4. The number of sulfonamides is 1. The van der Waals surface area contributed by atoms with Gasteiger partial charge in [0.2, 0.25) is 10.0 Å². The van der Waals surface area contributed by atoms with Crippen molar-refractivity contribution in [3.05, 3.63) is 59.2 Å². The highest BCUT2D eigenvalue weighted by Crippen LogP contribution is 2.33. The smallest absolute Gasteiger partial charge is 0.414 e. The third-order valence-corrected chi connectivity index (χ3v) is 8.15. The van der Waals surface area contributed by atoms with Crippen LogP contribution in [0.4, 0.5) is 10.5 Å². The molecule has 2 aromatic carbocycles. The number of fused-ring (bicyclic) bond motifs is 1. The van der Waals surface area contributed by atoms with Crippen LogP contribution >= 0.6 is 0 Å². The lowest BCUT2D eigenvalue weighted by Crippen LogP contribution is -2.50. The number of anilines is 1. The molecule has 0 atom stereocenters. The number of ether oxygens (including phenoxy) is 2. The highest BCUT2D eigenvalue weighted by Gasteiger charge is 2.37. The number of methoxy groups -OCH3 is 1. The molecule has 0 aromatic heterocycles. The first-order valence-electron chi connectivity index (χ1n) is 11.0. The van der Waals surface area contributed by atoms with E-state index >= 15 is 0 Å². The van der Waals surface area contributed by atoms with E-state index in [2.05, 4.69) is 4.74 Å². The lowest BCUT2D eigenvalue weighted by atomic mass is 10.0. The summed E-state index contributed by atoms with van der Waals surface area (Å²) in [6, 6.07) is 12.4. The van der Waals surface area contributed by atoms with Crippen molar-refractivity contribution < 1.29 is 27.5 Å². The molecule has 0 saturated carbocycles. The fourth-order valence-electron chi connectivity index (χ4n) is 4.38. The Hall–Kier alpha value is -2.91. The van der Waals surface area contributed by atoms with E-state index in [-0.39, 0.29) is 36.0 Å². The third kappa shape index (κ3) is 4.89. The number of benzene rings is 2. The van der Waals surface area contributed by atoms with Gasteiger partial charge in [0.25, 0.3) is 0 Å². The molecule has 1 amide bonds. The molecule has 0 radical (unpaired) electrons. The second kappa shape index (κ2) is 9.52. The number of nitrogens with zero attached hydrogens (tertiary/aromatic N) is 2. The molecule has 4 rings (SSSR count). The average molecular weight is 473 g/mol. The Morgan fingerprint density at radius 2 is 1.82 bits per heavy atom. The van der Waals surface area contributed by atoms with Crippen LogP contribution in [0.15, 0.2) is 47.4 Å². The maximum Gasteiger partial charge on any atom is 0.414 e. The van der Waals surface area contributed by atoms with Crippen LogP contribution in [-0.4, -0.2) is 51.0 Å². The minimum atomic E-state index is -3.64. The highest BCUT2D eigenvalue weighted by atomic mass is 32.2. The summed E-state index contributed by atoms with van der Waals surface area (Å²) in [7, 11) is -2.30. The molecule has 2 aromatic rings. The van der Waals surface area contributed by atoms with Crippen LogP contribution in [0.1, 0.15) is 36.0 Å². The molecule has 0 spiro atoms. The van der Waals surface area contributed by atoms with Gasteiger partial charge in [0.05, 0.1) is 17.7 Å². The van der Waals surface area contributed by atoms with Gasteiger partial charge in [-0.3, -0.25) is 9.69 Å². The summed E-state index contributed by atoms with van der Waals surface area (Å²) in [5, 5.41) is 0. The minimum absolute atomic E-state index is 0.119. The van der Waals surface area contributed by atoms with Gasteiger partial charge in [-0.25, -0.2) is 13.2 Å². The van der Waals surface area contributed by atoms with E-state index in [1.165, 1.54) is 11.4 Å². The van der Waals surface area contributed by atoms with Crippen LogP contribution in [0, 0.1) is 6.92 Å². The summed E-state index contributed by atoms with van der Waals surface area (Å²) < 4.78 is 37.8. The van der Waals surface area contributed by atoms with Gasteiger partial charge in [-0.15, -0.1) is 0 Å². The summed E-state index contributed by atoms with van der Waals surface area (Å²) in [6.07, 6.45) is 1.41. The van der Waals surface area contributed by atoms with Gasteiger partial charge in [-0.2, -0.15) is 4.31 Å². The Morgan fingerprint density at radius 3 is 2.48 bits per heavy atom. The number of rotatable bonds is 6. The molecule has 2 aliphatic heterocycles. The van der Waals surface area contributed by atoms with E-state index in [9.17, 15) is 18.0 Å². The van der Waals surface area contributed by atoms with Crippen molar-refractivity contribution in [3.8, 4) is 0 Å². The Balaban J connectivity index is 1.42. The van der Waals surface area contributed by atoms with E-state index in [1.54, 1.807) is 29.2 Å². The Morgan fingerprint density at radius 1 is 1.12 bits per heavy atom. The summed E-state index contributed by atoms with van der Waals surface area (Å²) in [5.74, 6) is -0.301. The average Bonchev–Trinajstić information content (AvgIpc) is 2.83. The van der Waals surface area contributed by atoms with Gasteiger partial charge in [0, 0.05) is 31.1 Å². The van der Waals surface area contributed by atoms with Gasteiger partial charge < -0.3 is 9.47 Å². The number of esters is 1. The third-order valence-electron chi connectivity index (χ3n) is 6.24. The summed E-state index contributed by atoms with van der Waals surface area (Å²) in [5.41, 5.74) is 3.79. The van der Waals surface area contributed by atoms with Crippen molar-refractivity contribution in [2.75, 3.05) is 25.1 Å². The zero-order valence-corrected chi connectivity index (χ0v) is 19.6. The summed E-state index contributed by atoms with van der Waals surface area (Å²) in [6.45, 7) is 2.90. The lowest BCUT2D eigenvalue weighted by molar-refractivity contribution is -0.140. The Bertz CT molecular complexity index is 1140. The Labute approximate surface area is 194 Å². The standard InChI is InChI=1S/C24H28N2O6S/c1-17-3-9-22-19(15-17)16-32-24(28)26(22)20-11-13-25(14-12-20)33(29,30)21-7-4-18(5-8-21)6-10-23(27)31-2/h3-5,7-9,15,20H,6,10-14,16H2,1-2H3. The molecule has 33 heavy (non-hydrogen) atoms. The van der Waals surface area contributed by atoms with Crippen LogP contribution in [0.5, 0.6) is 0 Å². The number of hydrogen-bond acceptors (Lipinski definition) is 6. The number of carbonyl (C=O) groups excluding carboxylic acids is 2. The molecule has 2 aliphatic rings. The molecule has 0 bridgehead atoms. The second-order valence-electron chi connectivity index (χ2n) is 8.41. The first-order chi connectivity index (χ1) is 15.8. The van der Waals surface area contributed by atoms with Crippen LogP contribution < -0.4 is 4.90 Å². The quantitative estimate of drug-likeness (QED) is 0.598. The second-order valence-corrected chi connectivity index (χ2v) is 10.4. The van der Waals surface area contributed by atoms with Gasteiger partial charge in [-0.05, 0) is 49.9 Å². The minimum Gasteiger partial charge on any atom is -0.469 e. The molecule has 8 nitrogen and oxygen atoms in total. The lowest BCUT2D eigenvalue weighted by Gasteiger charge is -2.39. The zero-order valence-electron chi connectivity index (χ0n) is 18.8.